The normalized spacial score (nSPS) is 19.4. The Bertz CT molecular complexity index is 709. The third-order valence-electron chi connectivity index (χ3n) is 5.85. The molecule has 7 nitrogen and oxygen atoms in total. The number of amides is 1. The number of carbonyl (C=O) groups excluding carboxylic acids is 2. The molecule has 172 valence electrons. The Morgan fingerprint density at radius 3 is 2.48 bits per heavy atom. The highest BCUT2D eigenvalue weighted by Crippen LogP contribution is 2.21. The first-order chi connectivity index (χ1) is 15.0. The Morgan fingerprint density at radius 2 is 1.81 bits per heavy atom. The van der Waals surface area contributed by atoms with Gasteiger partial charge in [0.1, 0.15) is 6.04 Å². The highest BCUT2D eigenvalue weighted by molar-refractivity contribution is 5.86. The second kappa shape index (κ2) is 13.1. The number of nitrogens with zero attached hydrogens (tertiary/aromatic N) is 1. The van der Waals surface area contributed by atoms with Gasteiger partial charge in [-0.05, 0) is 45.2 Å². The van der Waals surface area contributed by atoms with Crippen LogP contribution < -0.4 is 5.32 Å². The summed E-state index contributed by atoms with van der Waals surface area (Å²) in [7, 11) is 0. The van der Waals surface area contributed by atoms with Crippen molar-refractivity contribution in [2.24, 2.45) is 0 Å². The molecule has 3 atom stereocenters. The number of hydrogen-bond acceptors (Lipinski definition) is 5. The van der Waals surface area contributed by atoms with E-state index in [2.05, 4.69) is 5.32 Å². The summed E-state index contributed by atoms with van der Waals surface area (Å²) >= 11 is 0. The molecule has 2 N–H and O–H groups in total. The topological polar surface area (TPSA) is 95.9 Å². The largest absolute Gasteiger partial charge is 0.480 e. The number of rotatable bonds is 9. The summed E-state index contributed by atoms with van der Waals surface area (Å²) in [5, 5.41) is 12.9. The second-order valence-corrected chi connectivity index (χ2v) is 8.12. The maximum Gasteiger partial charge on any atom is 0.326 e. The zero-order valence-electron chi connectivity index (χ0n) is 18.7. The van der Waals surface area contributed by atoms with Crippen molar-refractivity contribution in [3.63, 3.8) is 0 Å². The van der Waals surface area contributed by atoms with Crippen molar-refractivity contribution in [3.05, 3.63) is 35.9 Å². The summed E-state index contributed by atoms with van der Waals surface area (Å²) in [5.74, 6) is -1.82. The Morgan fingerprint density at radius 1 is 1.13 bits per heavy atom. The van der Waals surface area contributed by atoms with Crippen LogP contribution in [0.25, 0.3) is 0 Å². The molecule has 31 heavy (non-hydrogen) atoms. The predicted octanol–water partition coefficient (Wildman–Crippen LogP) is 3.34. The number of aliphatic carboxylic acids is 1. The van der Waals surface area contributed by atoms with E-state index in [1.165, 1.54) is 4.90 Å². The molecule has 7 heteroatoms. The number of nitrogens with one attached hydrogen (secondary N) is 1. The van der Waals surface area contributed by atoms with Crippen LogP contribution in [0.1, 0.15) is 70.3 Å². The minimum atomic E-state index is -0.936. The van der Waals surface area contributed by atoms with Crippen LogP contribution in [0.4, 0.5) is 0 Å². The number of benzene rings is 1. The lowest BCUT2D eigenvalue weighted by Gasteiger charge is -2.31. The predicted molar refractivity (Wildman–Crippen MR) is 119 cm³/mol. The molecule has 0 radical (unpaired) electrons. The van der Waals surface area contributed by atoms with Gasteiger partial charge in [-0.2, -0.15) is 0 Å². The molecule has 1 heterocycles. The van der Waals surface area contributed by atoms with Crippen molar-refractivity contribution in [1.29, 1.82) is 0 Å². The molecule has 0 saturated carbocycles. The molecule has 1 aromatic carbocycles. The Kier molecular flexibility index (Phi) is 10.5. The average Bonchev–Trinajstić information content (AvgIpc) is 2.89. The minimum Gasteiger partial charge on any atom is -0.480 e. The SMILES string of the molecule is CCOC(=O)C(CCN[C@@H](C)C(=O)N1CCCCCCCC1C(=O)O)c1ccccc1. The van der Waals surface area contributed by atoms with Gasteiger partial charge in [0.05, 0.1) is 18.6 Å². The summed E-state index contributed by atoms with van der Waals surface area (Å²) in [5.41, 5.74) is 0.882. The number of carboxylic acids is 1. The lowest BCUT2D eigenvalue weighted by molar-refractivity contribution is -0.151. The lowest BCUT2D eigenvalue weighted by atomic mass is 9.95. The van der Waals surface area contributed by atoms with Gasteiger partial charge in [-0.1, -0.05) is 56.0 Å². The van der Waals surface area contributed by atoms with Crippen LogP contribution in [0.3, 0.4) is 0 Å². The molecule has 1 aliphatic heterocycles. The van der Waals surface area contributed by atoms with Crippen LogP contribution >= 0.6 is 0 Å². The monoisotopic (exact) mass is 432 g/mol. The van der Waals surface area contributed by atoms with Gasteiger partial charge >= 0.3 is 11.9 Å². The molecular weight excluding hydrogens is 396 g/mol. The molecule has 0 bridgehead atoms. The fourth-order valence-electron chi connectivity index (χ4n) is 4.11. The fraction of sp³-hybridized carbons (Fsp3) is 0.625. The van der Waals surface area contributed by atoms with Crippen LogP contribution in [-0.2, 0) is 19.1 Å². The summed E-state index contributed by atoms with van der Waals surface area (Å²) < 4.78 is 5.23. The van der Waals surface area contributed by atoms with Crippen LogP contribution in [-0.4, -0.2) is 59.6 Å². The van der Waals surface area contributed by atoms with Crippen molar-refractivity contribution in [2.45, 2.75) is 76.8 Å². The van der Waals surface area contributed by atoms with Crippen LogP contribution in [0, 0.1) is 0 Å². The molecule has 0 aromatic heterocycles. The molecule has 1 aromatic rings. The third-order valence-corrected chi connectivity index (χ3v) is 5.85. The molecule has 0 spiro atoms. The maximum absolute atomic E-state index is 13.1. The van der Waals surface area contributed by atoms with E-state index in [0.29, 0.717) is 32.5 Å². The van der Waals surface area contributed by atoms with Crippen LogP contribution in [0.15, 0.2) is 30.3 Å². The van der Waals surface area contributed by atoms with E-state index in [4.69, 9.17) is 4.74 Å². The van der Waals surface area contributed by atoms with Gasteiger partial charge in [0.25, 0.3) is 0 Å². The van der Waals surface area contributed by atoms with Gasteiger partial charge in [0.15, 0.2) is 0 Å². The highest BCUT2D eigenvalue weighted by Gasteiger charge is 2.32. The Balaban J connectivity index is 1.99. The van der Waals surface area contributed by atoms with E-state index in [1.54, 1.807) is 13.8 Å². The average molecular weight is 433 g/mol. The van der Waals surface area contributed by atoms with Gasteiger partial charge in [-0.15, -0.1) is 0 Å². The van der Waals surface area contributed by atoms with Gasteiger partial charge in [0, 0.05) is 6.54 Å². The first-order valence-electron chi connectivity index (χ1n) is 11.4. The van der Waals surface area contributed by atoms with Gasteiger partial charge in [-0.3, -0.25) is 9.59 Å². The fourth-order valence-corrected chi connectivity index (χ4v) is 4.11. The van der Waals surface area contributed by atoms with Crippen molar-refractivity contribution in [3.8, 4) is 0 Å². The number of ether oxygens (including phenoxy) is 1. The number of hydrogen-bond donors (Lipinski definition) is 2. The first-order valence-corrected chi connectivity index (χ1v) is 11.4. The van der Waals surface area contributed by atoms with Crippen LogP contribution in [0.2, 0.25) is 0 Å². The minimum absolute atomic E-state index is 0.193. The first kappa shape index (κ1) is 24.9. The van der Waals surface area contributed by atoms with E-state index >= 15 is 0 Å². The molecule has 1 fully saturated rings. The summed E-state index contributed by atoms with van der Waals surface area (Å²) in [6.45, 7) is 4.77. The number of carboxylic acid groups (broad SMARTS) is 1. The Hall–Kier alpha value is -2.41. The molecule has 2 rings (SSSR count). The van der Waals surface area contributed by atoms with Gasteiger partial charge in [0.2, 0.25) is 5.91 Å². The quantitative estimate of drug-likeness (QED) is 0.581. The lowest BCUT2D eigenvalue weighted by Crippen LogP contribution is -2.52. The van der Waals surface area contributed by atoms with Crippen molar-refractivity contribution >= 4 is 17.8 Å². The highest BCUT2D eigenvalue weighted by atomic mass is 16.5. The molecular formula is C24H36N2O5. The van der Waals surface area contributed by atoms with Crippen molar-refractivity contribution in [1.82, 2.24) is 10.2 Å². The molecule has 0 aliphatic carbocycles. The van der Waals surface area contributed by atoms with Gasteiger partial charge in [-0.25, -0.2) is 4.79 Å². The molecule has 2 unspecified atom stereocenters. The van der Waals surface area contributed by atoms with Crippen LogP contribution in [0.5, 0.6) is 0 Å². The Labute approximate surface area is 185 Å². The standard InChI is InChI=1S/C24H36N2O5/c1-3-31-24(30)20(19-12-8-7-9-13-19)15-16-25-18(2)22(27)26-17-11-6-4-5-10-14-21(26)23(28)29/h7-9,12-13,18,20-21,25H,3-6,10-11,14-17H2,1-2H3,(H,28,29)/t18-,20?,21?/m0/s1. The van der Waals surface area contributed by atoms with Crippen molar-refractivity contribution < 1.29 is 24.2 Å². The summed E-state index contributed by atoms with van der Waals surface area (Å²) in [6, 6.07) is 8.17. The zero-order valence-corrected chi connectivity index (χ0v) is 18.7. The van der Waals surface area contributed by atoms with Gasteiger partial charge < -0.3 is 20.1 Å². The van der Waals surface area contributed by atoms with E-state index in [-0.39, 0.29) is 11.9 Å². The van der Waals surface area contributed by atoms with E-state index in [9.17, 15) is 19.5 Å². The maximum atomic E-state index is 13.1. The van der Waals surface area contributed by atoms with E-state index in [0.717, 1.165) is 37.7 Å². The summed E-state index contributed by atoms with van der Waals surface area (Å²) in [6.07, 6.45) is 5.72. The van der Waals surface area contributed by atoms with E-state index in [1.807, 2.05) is 30.3 Å². The number of carbonyl (C=O) groups is 3. The summed E-state index contributed by atoms with van der Waals surface area (Å²) in [4.78, 5) is 38.8. The molecule has 1 saturated heterocycles. The molecule has 1 amide bonds. The number of esters is 1. The smallest absolute Gasteiger partial charge is 0.326 e. The zero-order chi connectivity index (χ0) is 22.6. The van der Waals surface area contributed by atoms with E-state index < -0.39 is 24.0 Å². The third kappa shape index (κ3) is 7.65. The molecule has 1 aliphatic rings. The van der Waals surface area contributed by atoms with Crippen molar-refractivity contribution in [2.75, 3.05) is 19.7 Å². The second-order valence-electron chi connectivity index (χ2n) is 8.12.